The van der Waals surface area contributed by atoms with Crippen molar-refractivity contribution in [3.63, 3.8) is 0 Å². The predicted molar refractivity (Wildman–Crippen MR) is 59.6 cm³/mol. The van der Waals surface area contributed by atoms with E-state index < -0.39 is 0 Å². The maximum absolute atomic E-state index is 5.44. The number of aryl methyl sites for hydroxylation is 1. The summed E-state index contributed by atoms with van der Waals surface area (Å²) in [4.78, 5) is 5.76. The monoisotopic (exact) mass is 214 g/mol. The van der Waals surface area contributed by atoms with Gasteiger partial charge in [0.15, 0.2) is 0 Å². The van der Waals surface area contributed by atoms with Gasteiger partial charge in [-0.2, -0.15) is 0 Å². The van der Waals surface area contributed by atoms with Crippen molar-refractivity contribution in [1.29, 1.82) is 0 Å². The Hall–Kier alpha value is -0.450. The first-order chi connectivity index (χ1) is 6.77. The van der Waals surface area contributed by atoms with E-state index in [9.17, 15) is 0 Å². The van der Waals surface area contributed by atoms with Gasteiger partial charge in [-0.1, -0.05) is 6.92 Å². The normalized spacial score (nSPS) is 10.8. The molecule has 0 aliphatic rings. The van der Waals surface area contributed by atoms with Crippen molar-refractivity contribution < 1.29 is 4.74 Å². The van der Waals surface area contributed by atoms with E-state index in [4.69, 9.17) is 4.74 Å². The Kier molecular flexibility index (Phi) is 5.07. The molecule has 1 N–H and O–H groups in total. The minimum absolute atomic E-state index is 0.656. The highest BCUT2D eigenvalue weighted by Crippen LogP contribution is 2.18. The number of hydrogen-bond acceptors (Lipinski definition) is 4. The zero-order valence-electron chi connectivity index (χ0n) is 9.09. The molecular formula is C10H18N2OS. The molecule has 14 heavy (non-hydrogen) atoms. The van der Waals surface area contributed by atoms with E-state index in [-0.39, 0.29) is 0 Å². The Labute approximate surface area is 89.5 Å². The Morgan fingerprint density at radius 3 is 2.93 bits per heavy atom. The standard InChI is InChI=1S/C10H18N2OS/c1-4-5-13-7-10-12-8(2)9(14-10)6-11-3/h11H,4-7H2,1-3H3. The lowest BCUT2D eigenvalue weighted by atomic mass is 10.4. The highest BCUT2D eigenvalue weighted by molar-refractivity contribution is 7.11. The van der Waals surface area contributed by atoms with Crippen molar-refractivity contribution in [2.75, 3.05) is 13.7 Å². The van der Waals surface area contributed by atoms with E-state index in [1.54, 1.807) is 11.3 Å². The van der Waals surface area contributed by atoms with E-state index in [0.717, 1.165) is 30.3 Å². The van der Waals surface area contributed by atoms with Gasteiger partial charge in [0.1, 0.15) is 5.01 Å². The van der Waals surface area contributed by atoms with Crippen molar-refractivity contribution in [3.8, 4) is 0 Å². The maximum Gasteiger partial charge on any atom is 0.119 e. The van der Waals surface area contributed by atoms with Crippen LogP contribution in [0.15, 0.2) is 0 Å². The second kappa shape index (κ2) is 6.11. The van der Waals surface area contributed by atoms with Crippen molar-refractivity contribution in [2.24, 2.45) is 0 Å². The summed E-state index contributed by atoms with van der Waals surface area (Å²) in [6.07, 6.45) is 1.06. The molecule has 0 saturated heterocycles. The van der Waals surface area contributed by atoms with Gasteiger partial charge in [-0.05, 0) is 20.4 Å². The van der Waals surface area contributed by atoms with Crippen LogP contribution >= 0.6 is 11.3 Å². The zero-order valence-corrected chi connectivity index (χ0v) is 9.91. The summed E-state index contributed by atoms with van der Waals surface area (Å²) in [5, 5.41) is 4.22. The molecule has 1 rings (SSSR count). The van der Waals surface area contributed by atoms with E-state index in [0.29, 0.717) is 6.61 Å². The molecule has 0 aliphatic heterocycles. The third-order valence-corrected chi connectivity index (χ3v) is 2.98. The summed E-state index contributed by atoms with van der Waals surface area (Å²) < 4.78 is 5.44. The first-order valence-electron chi connectivity index (χ1n) is 4.95. The Balaban J connectivity index is 2.48. The fraction of sp³-hybridized carbons (Fsp3) is 0.700. The van der Waals surface area contributed by atoms with E-state index in [2.05, 4.69) is 17.2 Å². The van der Waals surface area contributed by atoms with Gasteiger partial charge in [-0.25, -0.2) is 4.98 Å². The van der Waals surface area contributed by atoms with E-state index >= 15 is 0 Å². The summed E-state index contributed by atoms with van der Waals surface area (Å²) in [6.45, 7) is 6.53. The van der Waals surface area contributed by atoms with Crippen LogP contribution in [0.2, 0.25) is 0 Å². The predicted octanol–water partition coefficient (Wildman–Crippen LogP) is 2.10. The third kappa shape index (κ3) is 3.36. The average molecular weight is 214 g/mol. The van der Waals surface area contributed by atoms with Crippen LogP contribution < -0.4 is 5.32 Å². The lowest BCUT2D eigenvalue weighted by Gasteiger charge is -1.97. The second-order valence-electron chi connectivity index (χ2n) is 3.20. The topological polar surface area (TPSA) is 34.1 Å². The molecule has 0 unspecified atom stereocenters. The molecular weight excluding hydrogens is 196 g/mol. The fourth-order valence-corrected chi connectivity index (χ4v) is 2.20. The molecule has 0 spiro atoms. The first-order valence-corrected chi connectivity index (χ1v) is 5.77. The minimum atomic E-state index is 0.656. The molecule has 1 heterocycles. The molecule has 0 aliphatic carbocycles. The van der Waals surface area contributed by atoms with Gasteiger partial charge in [0.25, 0.3) is 0 Å². The van der Waals surface area contributed by atoms with Gasteiger partial charge in [-0.15, -0.1) is 11.3 Å². The highest BCUT2D eigenvalue weighted by Gasteiger charge is 2.06. The average Bonchev–Trinajstić information content (AvgIpc) is 2.49. The first kappa shape index (κ1) is 11.6. The largest absolute Gasteiger partial charge is 0.374 e. The molecule has 0 bridgehead atoms. The summed E-state index contributed by atoms with van der Waals surface area (Å²) in [5.41, 5.74) is 1.12. The van der Waals surface area contributed by atoms with Gasteiger partial charge in [0.05, 0.1) is 12.3 Å². The van der Waals surface area contributed by atoms with E-state index in [1.165, 1.54) is 4.88 Å². The van der Waals surface area contributed by atoms with Crippen LogP contribution in [-0.4, -0.2) is 18.6 Å². The molecule has 0 saturated carbocycles. The molecule has 1 aromatic rings. The molecule has 0 aromatic carbocycles. The summed E-state index contributed by atoms with van der Waals surface area (Å²) in [6, 6.07) is 0. The summed E-state index contributed by atoms with van der Waals surface area (Å²) in [7, 11) is 1.95. The van der Waals surface area contributed by atoms with Crippen molar-refractivity contribution in [2.45, 2.75) is 33.4 Å². The van der Waals surface area contributed by atoms with Crippen LogP contribution in [0.3, 0.4) is 0 Å². The number of thiazole rings is 1. The SMILES string of the molecule is CCCOCc1nc(C)c(CNC)s1. The Morgan fingerprint density at radius 2 is 2.29 bits per heavy atom. The molecule has 4 heteroatoms. The molecule has 1 aromatic heterocycles. The van der Waals surface area contributed by atoms with Gasteiger partial charge in [0, 0.05) is 18.0 Å². The Bertz CT molecular complexity index is 273. The van der Waals surface area contributed by atoms with Crippen LogP contribution in [0.4, 0.5) is 0 Å². The number of hydrogen-bond donors (Lipinski definition) is 1. The van der Waals surface area contributed by atoms with Crippen molar-refractivity contribution in [1.82, 2.24) is 10.3 Å². The number of nitrogens with zero attached hydrogens (tertiary/aromatic N) is 1. The van der Waals surface area contributed by atoms with Crippen LogP contribution in [0, 0.1) is 6.92 Å². The van der Waals surface area contributed by atoms with Crippen LogP contribution in [-0.2, 0) is 17.9 Å². The lowest BCUT2D eigenvalue weighted by Crippen LogP contribution is -2.04. The molecule has 80 valence electrons. The fourth-order valence-electron chi connectivity index (χ4n) is 1.18. The quantitative estimate of drug-likeness (QED) is 0.736. The number of rotatable bonds is 6. The molecule has 0 atom stereocenters. The highest BCUT2D eigenvalue weighted by atomic mass is 32.1. The number of aromatic nitrogens is 1. The smallest absolute Gasteiger partial charge is 0.119 e. The lowest BCUT2D eigenvalue weighted by molar-refractivity contribution is 0.121. The number of nitrogens with one attached hydrogen (secondary N) is 1. The Morgan fingerprint density at radius 1 is 1.50 bits per heavy atom. The van der Waals surface area contributed by atoms with E-state index in [1.807, 2.05) is 14.0 Å². The minimum Gasteiger partial charge on any atom is -0.374 e. The molecule has 0 radical (unpaired) electrons. The van der Waals surface area contributed by atoms with Crippen molar-refractivity contribution >= 4 is 11.3 Å². The van der Waals surface area contributed by atoms with Crippen LogP contribution in [0.1, 0.15) is 28.9 Å². The van der Waals surface area contributed by atoms with Crippen molar-refractivity contribution in [3.05, 3.63) is 15.6 Å². The maximum atomic E-state index is 5.44. The van der Waals surface area contributed by atoms with Gasteiger partial charge >= 0.3 is 0 Å². The van der Waals surface area contributed by atoms with Gasteiger partial charge < -0.3 is 10.1 Å². The molecule has 0 fully saturated rings. The van der Waals surface area contributed by atoms with Gasteiger partial charge in [0.2, 0.25) is 0 Å². The van der Waals surface area contributed by atoms with Crippen LogP contribution in [0.25, 0.3) is 0 Å². The third-order valence-electron chi connectivity index (χ3n) is 1.85. The van der Waals surface area contributed by atoms with Gasteiger partial charge in [-0.3, -0.25) is 0 Å². The molecule has 3 nitrogen and oxygen atoms in total. The zero-order chi connectivity index (χ0) is 10.4. The summed E-state index contributed by atoms with van der Waals surface area (Å²) >= 11 is 1.74. The van der Waals surface area contributed by atoms with Crippen LogP contribution in [0.5, 0.6) is 0 Å². The second-order valence-corrected chi connectivity index (χ2v) is 4.37. The summed E-state index contributed by atoms with van der Waals surface area (Å²) in [5.74, 6) is 0. The number of ether oxygens (including phenoxy) is 1. The molecule has 0 amide bonds.